The summed E-state index contributed by atoms with van der Waals surface area (Å²) in [5.74, 6) is 0.504. The number of rotatable bonds is 9. The molecule has 32 heavy (non-hydrogen) atoms. The topological polar surface area (TPSA) is 89.3 Å². The Morgan fingerprint density at radius 1 is 1.03 bits per heavy atom. The van der Waals surface area contributed by atoms with Crippen LogP contribution in [-0.2, 0) is 11.2 Å². The zero-order chi connectivity index (χ0) is 22.3. The van der Waals surface area contributed by atoms with E-state index in [2.05, 4.69) is 34.6 Å². The fourth-order valence-corrected chi connectivity index (χ4v) is 3.45. The molecular formula is C25H26N4O3. The molecule has 3 aromatic carbocycles. The van der Waals surface area contributed by atoms with E-state index in [0.717, 1.165) is 16.6 Å². The third-order valence-electron chi connectivity index (χ3n) is 5.26. The van der Waals surface area contributed by atoms with Gasteiger partial charge in [0, 0.05) is 13.2 Å². The number of nitrogens with one attached hydrogen (secondary N) is 1. The summed E-state index contributed by atoms with van der Waals surface area (Å²) < 4.78 is 5.85. The van der Waals surface area contributed by atoms with Crippen molar-refractivity contribution in [3.05, 3.63) is 83.9 Å². The summed E-state index contributed by atoms with van der Waals surface area (Å²) in [5, 5.41) is 21.3. The van der Waals surface area contributed by atoms with Gasteiger partial charge in [-0.3, -0.25) is 4.79 Å². The van der Waals surface area contributed by atoms with Gasteiger partial charge in [0.15, 0.2) is 6.61 Å². The quantitative estimate of drug-likeness (QED) is 0.426. The van der Waals surface area contributed by atoms with E-state index in [1.54, 1.807) is 6.07 Å². The highest BCUT2D eigenvalue weighted by molar-refractivity contribution is 5.78. The molecule has 0 saturated carbocycles. The molecule has 4 aromatic rings. The molecule has 0 bridgehead atoms. The molecule has 1 atom stereocenters. The van der Waals surface area contributed by atoms with Gasteiger partial charge < -0.3 is 15.2 Å². The molecule has 7 heteroatoms. The number of carbonyl (C=O) groups is 1. The Bertz CT molecular complexity index is 1160. The third-order valence-corrected chi connectivity index (χ3v) is 5.26. The molecule has 0 aliphatic rings. The molecule has 0 fully saturated rings. The molecule has 4 rings (SSSR count). The van der Waals surface area contributed by atoms with Crippen molar-refractivity contribution < 1.29 is 14.6 Å². The SMILES string of the molecule is CC(CNC(=O)COc1ccc(CCO)cc1-n1nc2ccccc2n1)c1ccccc1. The molecule has 1 unspecified atom stereocenters. The molecule has 1 heterocycles. The lowest BCUT2D eigenvalue weighted by molar-refractivity contribution is -0.123. The fraction of sp³-hybridized carbons (Fsp3) is 0.240. The first kappa shape index (κ1) is 21.5. The number of aromatic nitrogens is 3. The van der Waals surface area contributed by atoms with Crippen LogP contribution in [0.2, 0.25) is 0 Å². The van der Waals surface area contributed by atoms with E-state index in [0.29, 0.717) is 24.4 Å². The van der Waals surface area contributed by atoms with Crippen molar-refractivity contribution >= 4 is 16.9 Å². The van der Waals surface area contributed by atoms with Crippen molar-refractivity contribution in [2.24, 2.45) is 0 Å². The van der Waals surface area contributed by atoms with Gasteiger partial charge in [-0.2, -0.15) is 0 Å². The van der Waals surface area contributed by atoms with Gasteiger partial charge in [0.05, 0.1) is 0 Å². The van der Waals surface area contributed by atoms with E-state index in [4.69, 9.17) is 4.74 Å². The van der Waals surface area contributed by atoms with Gasteiger partial charge >= 0.3 is 0 Å². The second-order valence-corrected chi connectivity index (χ2v) is 7.66. The number of carbonyl (C=O) groups excluding carboxylic acids is 1. The molecule has 164 valence electrons. The normalized spacial score (nSPS) is 11.9. The summed E-state index contributed by atoms with van der Waals surface area (Å²) in [6.07, 6.45) is 0.506. The molecule has 0 saturated heterocycles. The Balaban J connectivity index is 1.46. The van der Waals surface area contributed by atoms with Crippen molar-refractivity contribution in [1.29, 1.82) is 0 Å². The summed E-state index contributed by atoms with van der Waals surface area (Å²) in [5.41, 5.74) is 4.25. The lowest BCUT2D eigenvalue weighted by atomic mass is 10.0. The van der Waals surface area contributed by atoms with E-state index in [1.807, 2.05) is 54.6 Å². The summed E-state index contributed by atoms with van der Waals surface area (Å²) in [7, 11) is 0. The first-order valence-electron chi connectivity index (χ1n) is 10.6. The highest BCUT2D eigenvalue weighted by atomic mass is 16.5. The van der Waals surface area contributed by atoms with Crippen LogP contribution in [0.5, 0.6) is 5.75 Å². The van der Waals surface area contributed by atoms with E-state index in [9.17, 15) is 9.90 Å². The number of hydrogen-bond acceptors (Lipinski definition) is 5. The Labute approximate surface area is 186 Å². The number of aliphatic hydroxyl groups excluding tert-OH is 1. The molecule has 1 aromatic heterocycles. The van der Waals surface area contributed by atoms with Gasteiger partial charge in [-0.05, 0) is 47.7 Å². The van der Waals surface area contributed by atoms with Crippen LogP contribution < -0.4 is 10.1 Å². The van der Waals surface area contributed by atoms with E-state index in [1.165, 1.54) is 10.4 Å². The third kappa shape index (κ3) is 5.12. The van der Waals surface area contributed by atoms with Gasteiger partial charge in [0.2, 0.25) is 0 Å². The lowest BCUT2D eigenvalue weighted by Gasteiger charge is -2.15. The molecule has 7 nitrogen and oxygen atoms in total. The van der Waals surface area contributed by atoms with Crippen molar-refractivity contribution in [3.63, 3.8) is 0 Å². The highest BCUT2D eigenvalue weighted by Gasteiger charge is 2.14. The number of amides is 1. The average molecular weight is 431 g/mol. The summed E-state index contributed by atoms with van der Waals surface area (Å²) in [6, 6.07) is 23.2. The fourth-order valence-electron chi connectivity index (χ4n) is 3.45. The molecule has 0 radical (unpaired) electrons. The monoisotopic (exact) mass is 430 g/mol. The number of aliphatic hydroxyl groups is 1. The van der Waals surface area contributed by atoms with Crippen LogP contribution in [0.15, 0.2) is 72.8 Å². The predicted octanol–water partition coefficient (Wildman–Crippen LogP) is 3.25. The minimum Gasteiger partial charge on any atom is -0.481 e. The summed E-state index contributed by atoms with van der Waals surface area (Å²) in [6.45, 7) is 2.52. The lowest BCUT2D eigenvalue weighted by Crippen LogP contribution is -2.32. The minimum atomic E-state index is -0.197. The van der Waals surface area contributed by atoms with Crippen molar-refractivity contribution in [2.75, 3.05) is 19.8 Å². The number of nitrogens with zero attached hydrogens (tertiary/aromatic N) is 3. The maximum absolute atomic E-state index is 12.4. The minimum absolute atomic E-state index is 0.0379. The molecule has 2 N–H and O–H groups in total. The maximum atomic E-state index is 12.4. The largest absolute Gasteiger partial charge is 0.481 e. The molecule has 0 spiro atoms. The first-order valence-corrected chi connectivity index (χ1v) is 10.6. The number of fused-ring (bicyclic) bond motifs is 1. The molecule has 1 amide bonds. The smallest absolute Gasteiger partial charge is 0.257 e. The number of hydrogen-bond donors (Lipinski definition) is 2. The van der Waals surface area contributed by atoms with Crippen LogP contribution >= 0.6 is 0 Å². The van der Waals surface area contributed by atoms with E-state index >= 15 is 0 Å². The Kier molecular flexibility index (Phi) is 6.77. The van der Waals surface area contributed by atoms with Crippen LogP contribution in [0.3, 0.4) is 0 Å². The Morgan fingerprint density at radius 2 is 1.72 bits per heavy atom. The van der Waals surface area contributed by atoms with Gasteiger partial charge in [-0.1, -0.05) is 55.5 Å². The van der Waals surface area contributed by atoms with Crippen LogP contribution in [-0.4, -0.2) is 45.8 Å². The van der Waals surface area contributed by atoms with Gasteiger partial charge in [0.25, 0.3) is 5.91 Å². The van der Waals surface area contributed by atoms with E-state index < -0.39 is 0 Å². The van der Waals surface area contributed by atoms with Crippen LogP contribution in [0.25, 0.3) is 16.7 Å². The molecular weight excluding hydrogens is 404 g/mol. The standard InChI is InChI=1S/C25H26N4O3/c1-18(20-7-3-2-4-8-20)16-26-25(31)17-32-24-12-11-19(13-14-30)15-23(24)29-27-21-9-5-6-10-22(21)28-29/h2-12,15,18,30H,13-14,16-17H2,1H3,(H,26,31). The van der Waals surface area contributed by atoms with Crippen LogP contribution in [0.1, 0.15) is 24.0 Å². The first-order chi connectivity index (χ1) is 15.6. The number of benzene rings is 3. The van der Waals surface area contributed by atoms with Crippen molar-refractivity contribution in [3.8, 4) is 11.4 Å². The summed E-state index contributed by atoms with van der Waals surface area (Å²) >= 11 is 0. The van der Waals surface area contributed by atoms with Crippen molar-refractivity contribution in [1.82, 2.24) is 20.3 Å². The molecule has 0 aliphatic heterocycles. The van der Waals surface area contributed by atoms with Gasteiger partial charge in [0.1, 0.15) is 22.5 Å². The number of ether oxygens (including phenoxy) is 1. The molecule has 0 aliphatic carbocycles. The zero-order valence-electron chi connectivity index (χ0n) is 17.9. The van der Waals surface area contributed by atoms with Crippen molar-refractivity contribution in [2.45, 2.75) is 19.3 Å². The Morgan fingerprint density at radius 3 is 2.41 bits per heavy atom. The van der Waals surface area contributed by atoms with Crippen LogP contribution in [0.4, 0.5) is 0 Å². The average Bonchev–Trinajstić information content (AvgIpc) is 3.26. The predicted molar refractivity (Wildman–Crippen MR) is 123 cm³/mol. The van der Waals surface area contributed by atoms with Gasteiger partial charge in [-0.25, -0.2) is 0 Å². The zero-order valence-corrected chi connectivity index (χ0v) is 17.9. The van der Waals surface area contributed by atoms with Crippen LogP contribution in [0, 0.1) is 0 Å². The highest BCUT2D eigenvalue weighted by Crippen LogP contribution is 2.25. The summed E-state index contributed by atoms with van der Waals surface area (Å²) in [4.78, 5) is 13.9. The van der Waals surface area contributed by atoms with Gasteiger partial charge in [-0.15, -0.1) is 15.0 Å². The maximum Gasteiger partial charge on any atom is 0.257 e. The second kappa shape index (κ2) is 10.1. The Hall–Kier alpha value is -3.71. The second-order valence-electron chi connectivity index (χ2n) is 7.66. The van der Waals surface area contributed by atoms with E-state index in [-0.39, 0.29) is 25.0 Å².